The first-order valence-corrected chi connectivity index (χ1v) is 9.95. The number of alkyl halides is 3. The standard InChI is InChI=1S/C20H21ClF3N3O3/c21-13-1-2-16(15(25)7-13)29-10-27-8-11-5-14(6-12(11)9-27)26-19(28)17-3-4-18(30-17)20(22,23)24/h1-4,7,11-12,14H,5-6,8-10,25H2,(H,26,28). The van der Waals surface area contributed by atoms with Crippen molar-refractivity contribution in [3.8, 4) is 5.75 Å². The number of hydrogen-bond donors (Lipinski definition) is 2. The van der Waals surface area contributed by atoms with Crippen LogP contribution in [0.1, 0.15) is 29.2 Å². The highest BCUT2D eigenvalue weighted by molar-refractivity contribution is 6.30. The Kier molecular flexibility index (Phi) is 5.59. The zero-order chi connectivity index (χ0) is 21.5. The predicted molar refractivity (Wildman–Crippen MR) is 104 cm³/mol. The molecule has 2 aliphatic rings. The van der Waals surface area contributed by atoms with E-state index in [9.17, 15) is 18.0 Å². The van der Waals surface area contributed by atoms with Gasteiger partial charge in [-0.05, 0) is 55.0 Å². The maximum atomic E-state index is 12.6. The molecule has 1 saturated carbocycles. The molecule has 2 heterocycles. The van der Waals surface area contributed by atoms with Crippen molar-refractivity contribution in [2.75, 3.05) is 25.6 Å². The molecule has 0 spiro atoms. The summed E-state index contributed by atoms with van der Waals surface area (Å²) in [6.07, 6.45) is -3.07. The van der Waals surface area contributed by atoms with Crippen molar-refractivity contribution in [2.45, 2.75) is 25.1 Å². The molecule has 4 rings (SSSR count). The zero-order valence-electron chi connectivity index (χ0n) is 15.9. The van der Waals surface area contributed by atoms with Gasteiger partial charge in [-0.15, -0.1) is 0 Å². The number of carbonyl (C=O) groups is 1. The fourth-order valence-corrected chi connectivity index (χ4v) is 4.48. The molecular weight excluding hydrogens is 423 g/mol. The Morgan fingerprint density at radius 1 is 1.23 bits per heavy atom. The number of nitrogens with zero attached hydrogens (tertiary/aromatic N) is 1. The molecule has 1 aliphatic heterocycles. The van der Waals surface area contributed by atoms with Crippen LogP contribution in [0, 0.1) is 11.8 Å². The Bertz CT molecular complexity index is 920. The molecule has 0 radical (unpaired) electrons. The molecule has 3 N–H and O–H groups in total. The smallest absolute Gasteiger partial charge is 0.449 e. The van der Waals surface area contributed by atoms with E-state index in [-0.39, 0.29) is 11.8 Å². The van der Waals surface area contributed by atoms with Crippen molar-refractivity contribution in [3.63, 3.8) is 0 Å². The second-order valence-corrected chi connectivity index (χ2v) is 8.25. The van der Waals surface area contributed by atoms with E-state index in [1.54, 1.807) is 18.2 Å². The monoisotopic (exact) mass is 443 g/mol. The minimum atomic E-state index is -4.61. The maximum absolute atomic E-state index is 12.6. The molecule has 1 saturated heterocycles. The molecule has 2 unspecified atom stereocenters. The van der Waals surface area contributed by atoms with Gasteiger partial charge in [-0.25, -0.2) is 0 Å². The number of furan rings is 1. The minimum Gasteiger partial charge on any atom is -0.476 e. The topological polar surface area (TPSA) is 80.7 Å². The lowest BCUT2D eigenvalue weighted by Gasteiger charge is -2.20. The number of nitrogen functional groups attached to an aromatic ring is 1. The molecule has 1 aromatic carbocycles. The van der Waals surface area contributed by atoms with Crippen molar-refractivity contribution >= 4 is 23.2 Å². The van der Waals surface area contributed by atoms with Crippen molar-refractivity contribution in [1.82, 2.24) is 10.2 Å². The van der Waals surface area contributed by atoms with E-state index >= 15 is 0 Å². The number of benzene rings is 1. The molecule has 6 nitrogen and oxygen atoms in total. The van der Waals surface area contributed by atoms with Crippen LogP contribution in [-0.4, -0.2) is 36.7 Å². The highest BCUT2D eigenvalue weighted by atomic mass is 35.5. The van der Waals surface area contributed by atoms with Crippen molar-refractivity contribution in [1.29, 1.82) is 0 Å². The minimum absolute atomic E-state index is 0.0816. The van der Waals surface area contributed by atoms with Crippen LogP contribution in [0.3, 0.4) is 0 Å². The van der Waals surface area contributed by atoms with E-state index in [4.69, 9.17) is 22.1 Å². The fraction of sp³-hybridized carbons (Fsp3) is 0.450. The summed E-state index contributed by atoms with van der Waals surface area (Å²) in [4.78, 5) is 14.4. The van der Waals surface area contributed by atoms with E-state index < -0.39 is 17.8 Å². The number of carbonyl (C=O) groups excluding carboxylic acids is 1. The Balaban J connectivity index is 1.25. The largest absolute Gasteiger partial charge is 0.476 e. The van der Waals surface area contributed by atoms with E-state index in [0.717, 1.165) is 38.1 Å². The van der Waals surface area contributed by atoms with Crippen LogP contribution in [0.4, 0.5) is 18.9 Å². The quantitative estimate of drug-likeness (QED) is 0.682. The lowest BCUT2D eigenvalue weighted by Crippen LogP contribution is -2.35. The highest BCUT2D eigenvalue weighted by Gasteiger charge is 2.42. The van der Waals surface area contributed by atoms with Gasteiger partial charge in [0, 0.05) is 24.2 Å². The molecule has 2 fully saturated rings. The molecule has 2 aromatic rings. The second-order valence-electron chi connectivity index (χ2n) is 7.82. The van der Waals surface area contributed by atoms with Gasteiger partial charge in [0.2, 0.25) is 5.76 Å². The number of nitrogens with two attached hydrogens (primary N) is 1. The van der Waals surface area contributed by atoms with E-state index in [1.165, 1.54) is 0 Å². The van der Waals surface area contributed by atoms with E-state index in [1.807, 2.05) is 0 Å². The summed E-state index contributed by atoms with van der Waals surface area (Å²) in [5, 5.41) is 3.34. The third kappa shape index (κ3) is 4.52. The summed E-state index contributed by atoms with van der Waals surface area (Å²) >= 11 is 5.89. The highest BCUT2D eigenvalue weighted by Crippen LogP contribution is 2.38. The third-order valence-corrected chi connectivity index (χ3v) is 5.88. The first kappa shape index (κ1) is 20.9. The van der Waals surface area contributed by atoms with Gasteiger partial charge in [0.1, 0.15) is 12.5 Å². The number of likely N-dealkylation sites (tertiary alicyclic amines) is 1. The van der Waals surface area contributed by atoms with Gasteiger partial charge in [-0.2, -0.15) is 13.2 Å². The van der Waals surface area contributed by atoms with Crippen LogP contribution < -0.4 is 15.8 Å². The summed E-state index contributed by atoms with van der Waals surface area (Å²) in [5.74, 6) is -0.748. The van der Waals surface area contributed by atoms with E-state index in [2.05, 4.69) is 14.6 Å². The van der Waals surface area contributed by atoms with Crippen LogP contribution in [-0.2, 0) is 6.18 Å². The molecule has 0 bridgehead atoms. The van der Waals surface area contributed by atoms with Gasteiger partial charge in [0.05, 0.1) is 5.69 Å². The van der Waals surface area contributed by atoms with Gasteiger partial charge in [0.15, 0.2) is 5.76 Å². The number of anilines is 1. The lowest BCUT2D eigenvalue weighted by atomic mass is 10.0. The number of hydrogen-bond acceptors (Lipinski definition) is 5. The van der Waals surface area contributed by atoms with Crippen LogP contribution in [0.5, 0.6) is 5.75 Å². The fourth-order valence-electron chi connectivity index (χ4n) is 4.30. The van der Waals surface area contributed by atoms with Gasteiger partial charge in [-0.3, -0.25) is 9.69 Å². The van der Waals surface area contributed by atoms with Crippen LogP contribution >= 0.6 is 11.6 Å². The van der Waals surface area contributed by atoms with E-state index in [0.29, 0.717) is 35.0 Å². The SMILES string of the molecule is Nc1cc(Cl)ccc1OCN1CC2CC(NC(=O)c3ccc(C(F)(F)F)o3)CC2C1. The molecular formula is C20H21ClF3N3O3. The Morgan fingerprint density at radius 2 is 1.93 bits per heavy atom. The van der Waals surface area contributed by atoms with Gasteiger partial charge in [0.25, 0.3) is 5.91 Å². The van der Waals surface area contributed by atoms with Crippen LogP contribution in [0.2, 0.25) is 5.02 Å². The van der Waals surface area contributed by atoms with Gasteiger partial charge >= 0.3 is 6.18 Å². The maximum Gasteiger partial charge on any atom is 0.449 e. The summed E-state index contributed by atoms with van der Waals surface area (Å²) in [5.41, 5.74) is 6.38. The first-order chi connectivity index (χ1) is 14.2. The summed E-state index contributed by atoms with van der Waals surface area (Å²) in [6, 6.07) is 6.83. The predicted octanol–water partition coefficient (Wildman–Crippen LogP) is 4.01. The summed E-state index contributed by atoms with van der Waals surface area (Å²) in [7, 11) is 0. The molecule has 2 atom stereocenters. The summed E-state index contributed by atoms with van der Waals surface area (Å²) in [6.45, 7) is 2.05. The number of ether oxygens (including phenoxy) is 1. The van der Waals surface area contributed by atoms with Crippen molar-refractivity contribution < 1.29 is 27.1 Å². The average molecular weight is 444 g/mol. The first-order valence-electron chi connectivity index (χ1n) is 9.57. The molecule has 1 aromatic heterocycles. The number of amides is 1. The van der Waals surface area contributed by atoms with Crippen LogP contribution in [0.25, 0.3) is 0 Å². The second kappa shape index (κ2) is 8.03. The number of nitrogens with one attached hydrogen (secondary N) is 1. The van der Waals surface area contributed by atoms with Crippen LogP contribution in [0.15, 0.2) is 34.7 Å². The Morgan fingerprint density at radius 3 is 2.53 bits per heavy atom. The van der Waals surface area contributed by atoms with Gasteiger partial charge in [-0.1, -0.05) is 11.6 Å². The summed E-state index contributed by atoms with van der Waals surface area (Å²) < 4.78 is 48.3. The van der Waals surface area contributed by atoms with Crippen molar-refractivity contribution in [3.05, 3.63) is 46.9 Å². The number of rotatable bonds is 5. The Labute approximate surface area is 176 Å². The Hall–Kier alpha value is -2.39. The molecule has 1 amide bonds. The molecule has 162 valence electrons. The zero-order valence-corrected chi connectivity index (χ0v) is 16.7. The van der Waals surface area contributed by atoms with Gasteiger partial charge < -0.3 is 20.2 Å². The molecule has 1 aliphatic carbocycles. The molecule has 30 heavy (non-hydrogen) atoms. The molecule has 10 heteroatoms. The lowest BCUT2D eigenvalue weighted by molar-refractivity contribution is -0.153. The normalized spacial score (nSPS) is 24.1. The van der Waals surface area contributed by atoms with Crippen molar-refractivity contribution in [2.24, 2.45) is 11.8 Å². The third-order valence-electron chi connectivity index (χ3n) is 5.65. The number of fused-ring (bicyclic) bond motifs is 1. The average Bonchev–Trinajstić information content (AvgIpc) is 3.35. The number of halogens is 4.